The molecule has 0 spiro atoms. The zero-order valence-electron chi connectivity index (χ0n) is 20.6. The number of aryl methyl sites for hydroxylation is 1. The van der Waals surface area contributed by atoms with E-state index in [1.165, 1.54) is 17.6 Å². The van der Waals surface area contributed by atoms with Gasteiger partial charge in [-0.2, -0.15) is 5.10 Å². The van der Waals surface area contributed by atoms with Gasteiger partial charge < -0.3 is 25.4 Å². The number of nitrogens with one attached hydrogen (secondary N) is 2. The highest BCUT2D eigenvalue weighted by molar-refractivity contribution is 5.88. The van der Waals surface area contributed by atoms with Gasteiger partial charge >= 0.3 is 6.09 Å². The molecule has 6 rings (SSSR count). The second-order valence-electron chi connectivity index (χ2n) is 9.13. The summed E-state index contributed by atoms with van der Waals surface area (Å²) in [6, 6.07) is 13.2. The molecule has 0 aliphatic carbocycles. The lowest BCUT2D eigenvalue weighted by atomic mass is 10.1. The summed E-state index contributed by atoms with van der Waals surface area (Å²) in [5.41, 5.74) is 3.78. The lowest BCUT2D eigenvalue weighted by Crippen LogP contribution is -2.44. The second-order valence-corrected chi connectivity index (χ2v) is 9.13. The predicted molar refractivity (Wildman–Crippen MR) is 141 cm³/mol. The Morgan fingerprint density at radius 3 is 2.89 bits per heavy atom. The normalized spacial score (nSPS) is 15.5. The topological polar surface area (TPSA) is 143 Å². The van der Waals surface area contributed by atoms with Crippen LogP contribution in [0.4, 0.5) is 22.1 Å². The van der Waals surface area contributed by atoms with Crippen LogP contribution in [0.3, 0.4) is 0 Å². The van der Waals surface area contributed by atoms with Gasteiger partial charge in [0.25, 0.3) is 0 Å². The maximum absolute atomic E-state index is 11.4. The molecular formula is C26H25N9O3. The van der Waals surface area contributed by atoms with Crippen LogP contribution in [0, 0.1) is 6.92 Å². The Kier molecular flexibility index (Phi) is 6.04. The number of fused-ring (bicyclic) bond motifs is 2. The van der Waals surface area contributed by atoms with Crippen LogP contribution in [0.15, 0.2) is 61.3 Å². The number of amides is 1. The molecule has 38 heavy (non-hydrogen) atoms. The van der Waals surface area contributed by atoms with Gasteiger partial charge in [0.2, 0.25) is 0 Å². The third kappa shape index (κ3) is 4.83. The first-order valence-electron chi connectivity index (χ1n) is 12.2. The molecule has 1 aliphatic rings. The van der Waals surface area contributed by atoms with Crippen LogP contribution in [-0.4, -0.2) is 64.8 Å². The quantitative estimate of drug-likeness (QED) is 0.299. The lowest BCUT2D eigenvalue weighted by molar-refractivity contribution is 0.133. The summed E-state index contributed by atoms with van der Waals surface area (Å²) in [4.78, 5) is 30.5. The largest absolute Gasteiger partial charge is 0.465 e. The Morgan fingerprint density at radius 1 is 1.11 bits per heavy atom. The van der Waals surface area contributed by atoms with Gasteiger partial charge in [-0.1, -0.05) is 0 Å². The first-order valence-corrected chi connectivity index (χ1v) is 12.2. The fourth-order valence-corrected chi connectivity index (χ4v) is 4.56. The van der Waals surface area contributed by atoms with Gasteiger partial charge in [0.05, 0.1) is 5.52 Å². The second kappa shape index (κ2) is 9.81. The van der Waals surface area contributed by atoms with Gasteiger partial charge in [0, 0.05) is 37.1 Å². The number of piperidine rings is 1. The maximum atomic E-state index is 11.4. The molecule has 1 aromatic carbocycles. The molecule has 5 aromatic rings. The van der Waals surface area contributed by atoms with E-state index in [4.69, 9.17) is 9.72 Å². The van der Waals surface area contributed by atoms with Crippen molar-refractivity contribution in [1.82, 2.24) is 34.4 Å². The summed E-state index contributed by atoms with van der Waals surface area (Å²) in [7, 11) is 0. The van der Waals surface area contributed by atoms with E-state index in [2.05, 4.69) is 30.7 Å². The summed E-state index contributed by atoms with van der Waals surface area (Å²) in [5.74, 6) is 2.61. The number of carbonyl (C=O) groups is 1. The number of hydrogen-bond donors (Lipinski definition) is 3. The van der Waals surface area contributed by atoms with Gasteiger partial charge in [0.1, 0.15) is 35.5 Å². The highest BCUT2D eigenvalue weighted by Crippen LogP contribution is 2.30. The van der Waals surface area contributed by atoms with Crippen LogP contribution in [0.2, 0.25) is 0 Å². The summed E-state index contributed by atoms with van der Waals surface area (Å²) >= 11 is 0. The fraction of sp³-hybridized carbons (Fsp3) is 0.231. The van der Waals surface area contributed by atoms with Crippen molar-refractivity contribution in [3.63, 3.8) is 0 Å². The number of nitrogens with zero attached hydrogens (tertiary/aromatic N) is 7. The molecule has 0 radical (unpaired) electrons. The Bertz CT molecular complexity index is 1640. The van der Waals surface area contributed by atoms with Gasteiger partial charge in [-0.05, 0) is 61.7 Å². The van der Waals surface area contributed by atoms with E-state index in [0.29, 0.717) is 47.2 Å². The first-order chi connectivity index (χ1) is 18.5. The van der Waals surface area contributed by atoms with Gasteiger partial charge in [-0.25, -0.2) is 29.2 Å². The smallest absolute Gasteiger partial charge is 0.407 e. The van der Waals surface area contributed by atoms with Crippen molar-refractivity contribution in [2.24, 2.45) is 0 Å². The number of benzene rings is 1. The SMILES string of the molecule is Cc1cc(Nc2ncnc3ccc(NC4CCCN(C(=O)O)C4)nc23)ccc1Oc1ccn2ncnc2c1. The van der Waals surface area contributed by atoms with Crippen LogP contribution in [0.1, 0.15) is 18.4 Å². The maximum Gasteiger partial charge on any atom is 0.407 e. The van der Waals surface area contributed by atoms with Crippen LogP contribution in [0.5, 0.6) is 11.5 Å². The molecule has 3 N–H and O–H groups in total. The standard InChI is InChI=1S/C26H25N9O3/c1-16-11-17(4-6-21(16)38-19-8-10-35-23(12-19)28-15-30-35)32-25-24-20(27-14-29-25)5-7-22(33-24)31-18-3-2-9-34(13-18)26(36)37/h4-8,10-12,14-15,18H,2-3,9,13H2,1H3,(H,31,33)(H,36,37)(H,27,29,32). The minimum absolute atomic E-state index is 0.00787. The summed E-state index contributed by atoms with van der Waals surface area (Å²) in [6.07, 6.45) is 5.58. The summed E-state index contributed by atoms with van der Waals surface area (Å²) in [5, 5.41) is 20.1. The third-order valence-electron chi connectivity index (χ3n) is 6.44. The lowest BCUT2D eigenvalue weighted by Gasteiger charge is -2.31. The highest BCUT2D eigenvalue weighted by Gasteiger charge is 2.23. The first kappa shape index (κ1) is 23.4. The zero-order chi connectivity index (χ0) is 26.1. The molecule has 12 nitrogen and oxygen atoms in total. The van der Waals surface area contributed by atoms with Crippen LogP contribution in [0.25, 0.3) is 16.7 Å². The van der Waals surface area contributed by atoms with Crippen LogP contribution >= 0.6 is 0 Å². The predicted octanol–water partition coefficient (Wildman–Crippen LogP) is 4.47. The van der Waals surface area contributed by atoms with Crippen molar-refractivity contribution in [3.8, 4) is 11.5 Å². The van der Waals surface area contributed by atoms with Crippen molar-refractivity contribution < 1.29 is 14.6 Å². The molecule has 0 bridgehead atoms. The van der Waals surface area contributed by atoms with Crippen LogP contribution < -0.4 is 15.4 Å². The van der Waals surface area contributed by atoms with E-state index in [-0.39, 0.29) is 6.04 Å². The number of aromatic nitrogens is 6. The number of ether oxygens (including phenoxy) is 1. The molecule has 12 heteroatoms. The molecule has 1 saturated heterocycles. The third-order valence-corrected chi connectivity index (χ3v) is 6.44. The molecule has 1 unspecified atom stereocenters. The minimum Gasteiger partial charge on any atom is -0.465 e. The average Bonchev–Trinajstić information content (AvgIpc) is 3.39. The molecule has 1 atom stereocenters. The van der Waals surface area contributed by atoms with E-state index in [0.717, 1.165) is 29.8 Å². The molecule has 1 fully saturated rings. The Hall–Kier alpha value is -5.00. The average molecular weight is 512 g/mol. The van der Waals surface area contributed by atoms with E-state index in [9.17, 15) is 9.90 Å². The fourth-order valence-electron chi connectivity index (χ4n) is 4.56. The van der Waals surface area contributed by atoms with Crippen molar-refractivity contribution in [3.05, 3.63) is 66.9 Å². The van der Waals surface area contributed by atoms with Gasteiger partial charge in [-0.3, -0.25) is 0 Å². The number of hydrogen-bond acceptors (Lipinski definition) is 9. The molecule has 1 amide bonds. The Labute approximate surface area is 217 Å². The van der Waals surface area contributed by atoms with E-state index in [1.807, 2.05) is 49.4 Å². The molecule has 192 valence electrons. The Morgan fingerprint density at radius 2 is 2.03 bits per heavy atom. The summed E-state index contributed by atoms with van der Waals surface area (Å²) in [6.45, 7) is 2.95. The van der Waals surface area contributed by atoms with Crippen LogP contribution in [-0.2, 0) is 0 Å². The highest BCUT2D eigenvalue weighted by atomic mass is 16.5. The van der Waals surface area contributed by atoms with Crippen molar-refractivity contribution in [2.45, 2.75) is 25.8 Å². The number of carboxylic acid groups (broad SMARTS) is 1. The number of likely N-dealkylation sites (tertiary alicyclic amines) is 1. The number of pyridine rings is 2. The van der Waals surface area contributed by atoms with E-state index in [1.54, 1.807) is 10.7 Å². The van der Waals surface area contributed by atoms with Crippen molar-refractivity contribution in [2.75, 3.05) is 23.7 Å². The molecule has 0 saturated carbocycles. The van der Waals surface area contributed by atoms with Gasteiger partial charge in [-0.15, -0.1) is 0 Å². The van der Waals surface area contributed by atoms with Gasteiger partial charge in [0.15, 0.2) is 11.5 Å². The summed E-state index contributed by atoms with van der Waals surface area (Å²) < 4.78 is 7.75. The zero-order valence-corrected chi connectivity index (χ0v) is 20.6. The molecule has 5 heterocycles. The number of rotatable bonds is 6. The monoisotopic (exact) mass is 511 g/mol. The van der Waals surface area contributed by atoms with Crippen molar-refractivity contribution in [1.29, 1.82) is 0 Å². The van der Waals surface area contributed by atoms with E-state index >= 15 is 0 Å². The van der Waals surface area contributed by atoms with E-state index < -0.39 is 6.09 Å². The Balaban J connectivity index is 1.20. The number of anilines is 3. The van der Waals surface area contributed by atoms with Crippen molar-refractivity contribution >= 4 is 40.1 Å². The minimum atomic E-state index is -0.897. The molecular weight excluding hydrogens is 486 g/mol. The molecule has 4 aromatic heterocycles. The molecule has 1 aliphatic heterocycles.